The summed E-state index contributed by atoms with van der Waals surface area (Å²) in [5.41, 5.74) is 3.88. The fraction of sp³-hybridized carbons (Fsp3) is 0.238. The molecule has 8 heteroatoms. The molecule has 0 bridgehead atoms. The highest BCUT2D eigenvalue weighted by Crippen LogP contribution is 2.28. The Hall–Kier alpha value is -3.26. The molecule has 0 aliphatic heterocycles. The number of nitrogens with zero attached hydrogens (tertiary/aromatic N) is 2. The van der Waals surface area contributed by atoms with Gasteiger partial charge in [-0.3, -0.25) is 14.9 Å². The zero-order valence-electron chi connectivity index (χ0n) is 16.3. The highest BCUT2D eigenvalue weighted by molar-refractivity contribution is 7.12. The summed E-state index contributed by atoms with van der Waals surface area (Å²) in [6.45, 7) is 4.95. The molecule has 0 saturated heterocycles. The molecule has 0 aliphatic carbocycles. The molecule has 2 N–H and O–H groups in total. The van der Waals surface area contributed by atoms with Gasteiger partial charge in [0.25, 0.3) is 5.69 Å². The summed E-state index contributed by atoms with van der Waals surface area (Å²) in [6.07, 6.45) is 0.284. The third-order valence-corrected chi connectivity index (χ3v) is 5.28. The van der Waals surface area contributed by atoms with Crippen LogP contribution in [0.3, 0.4) is 0 Å². The van der Waals surface area contributed by atoms with E-state index in [9.17, 15) is 14.9 Å². The van der Waals surface area contributed by atoms with Crippen LogP contribution in [-0.4, -0.2) is 28.9 Å². The number of amides is 1. The molecule has 1 amide bonds. The number of anilines is 1. The first-order valence-electron chi connectivity index (χ1n) is 9.21. The highest BCUT2D eigenvalue weighted by atomic mass is 32.1. The van der Waals surface area contributed by atoms with Gasteiger partial charge in [0.05, 0.1) is 22.0 Å². The average Bonchev–Trinajstić information content (AvgIpc) is 3.06. The van der Waals surface area contributed by atoms with Crippen LogP contribution in [0.5, 0.6) is 0 Å². The lowest BCUT2D eigenvalue weighted by molar-refractivity contribution is -0.384. The second kappa shape index (κ2) is 9.29. The van der Waals surface area contributed by atoms with Crippen molar-refractivity contribution in [2.24, 2.45) is 0 Å². The third-order valence-electron chi connectivity index (χ3n) is 4.30. The van der Waals surface area contributed by atoms with Crippen LogP contribution in [0, 0.1) is 24.0 Å². The van der Waals surface area contributed by atoms with Gasteiger partial charge < -0.3 is 10.6 Å². The topological polar surface area (TPSA) is 97.2 Å². The minimum absolute atomic E-state index is 0.0492. The van der Waals surface area contributed by atoms with Crippen molar-refractivity contribution in [3.63, 3.8) is 0 Å². The van der Waals surface area contributed by atoms with Crippen molar-refractivity contribution in [3.05, 3.63) is 74.1 Å². The summed E-state index contributed by atoms with van der Waals surface area (Å²) in [6, 6.07) is 14.3. The Morgan fingerprint density at radius 1 is 1.07 bits per heavy atom. The van der Waals surface area contributed by atoms with Crippen LogP contribution >= 0.6 is 11.3 Å². The molecule has 1 heterocycles. The van der Waals surface area contributed by atoms with Crippen LogP contribution in [0.15, 0.2) is 48.5 Å². The van der Waals surface area contributed by atoms with Crippen molar-refractivity contribution >= 4 is 28.6 Å². The molecule has 0 atom stereocenters. The van der Waals surface area contributed by atoms with E-state index in [1.807, 2.05) is 38.1 Å². The molecule has 0 saturated carbocycles. The van der Waals surface area contributed by atoms with E-state index in [0.717, 1.165) is 26.8 Å². The molecule has 3 aromatic rings. The zero-order valence-corrected chi connectivity index (χ0v) is 17.1. The molecule has 0 spiro atoms. The Labute approximate surface area is 173 Å². The van der Waals surface area contributed by atoms with E-state index in [0.29, 0.717) is 13.1 Å². The Kier molecular flexibility index (Phi) is 6.56. The van der Waals surface area contributed by atoms with E-state index in [1.54, 1.807) is 12.1 Å². The van der Waals surface area contributed by atoms with Crippen molar-refractivity contribution < 1.29 is 9.72 Å². The molecule has 3 rings (SSSR count). The molecule has 29 heavy (non-hydrogen) atoms. The summed E-state index contributed by atoms with van der Waals surface area (Å²) < 4.78 is 0. The van der Waals surface area contributed by atoms with Gasteiger partial charge >= 0.3 is 0 Å². The normalized spacial score (nSPS) is 10.6. The predicted octanol–water partition coefficient (Wildman–Crippen LogP) is 4.11. The van der Waals surface area contributed by atoms with E-state index in [1.165, 1.54) is 29.0 Å². The molecule has 0 unspecified atom stereocenters. The first kappa shape index (κ1) is 20.5. The Bertz CT molecular complexity index is 998. The largest absolute Gasteiger partial charge is 0.383 e. The van der Waals surface area contributed by atoms with Gasteiger partial charge in [-0.15, -0.1) is 11.3 Å². The molecule has 0 aliphatic rings. The van der Waals surface area contributed by atoms with E-state index in [-0.39, 0.29) is 18.0 Å². The number of thiazole rings is 1. The number of aromatic nitrogens is 1. The maximum atomic E-state index is 12.4. The van der Waals surface area contributed by atoms with Gasteiger partial charge in [-0.25, -0.2) is 4.98 Å². The minimum Gasteiger partial charge on any atom is -0.383 e. The van der Waals surface area contributed by atoms with Gasteiger partial charge in [0.2, 0.25) is 5.91 Å². The van der Waals surface area contributed by atoms with E-state index in [4.69, 9.17) is 0 Å². The van der Waals surface area contributed by atoms with E-state index < -0.39 is 4.92 Å². The lowest BCUT2D eigenvalue weighted by Gasteiger charge is -2.08. The monoisotopic (exact) mass is 410 g/mol. The molecule has 1 aromatic heterocycles. The number of rotatable bonds is 8. The Balaban J connectivity index is 1.51. The summed E-state index contributed by atoms with van der Waals surface area (Å²) in [5, 5.41) is 17.6. The van der Waals surface area contributed by atoms with Gasteiger partial charge in [-0.05, 0) is 26.0 Å². The zero-order chi connectivity index (χ0) is 20.8. The SMILES string of the molecule is Cc1ccc(-c2nc(C)sc2CC(=O)NCCNc2ccc([N+](=O)[O-])cc2)cc1. The van der Waals surface area contributed by atoms with Gasteiger partial charge in [0, 0.05) is 41.4 Å². The van der Waals surface area contributed by atoms with Crippen LogP contribution in [0.4, 0.5) is 11.4 Å². The van der Waals surface area contributed by atoms with Crippen LogP contribution in [0.25, 0.3) is 11.3 Å². The van der Waals surface area contributed by atoms with Crippen LogP contribution in [0.2, 0.25) is 0 Å². The Morgan fingerprint density at radius 3 is 2.41 bits per heavy atom. The first-order chi connectivity index (χ1) is 13.9. The second-order valence-corrected chi connectivity index (χ2v) is 7.92. The standard InChI is InChI=1S/C21H22N4O3S/c1-14-3-5-16(6-4-14)21-19(29-15(2)24-21)13-20(26)23-12-11-22-17-7-9-18(10-8-17)25(27)28/h3-10,22H,11-13H2,1-2H3,(H,23,26). The fourth-order valence-corrected chi connectivity index (χ4v) is 3.80. The van der Waals surface area contributed by atoms with Gasteiger partial charge in [-0.2, -0.15) is 0 Å². The van der Waals surface area contributed by atoms with Crippen LogP contribution in [0.1, 0.15) is 15.4 Å². The molecule has 150 valence electrons. The number of nitro benzene ring substituents is 1. The van der Waals surface area contributed by atoms with Crippen molar-refractivity contribution in [2.75, 3.05) is 18.4 Å². The smallest absolute Gasteiger partial charge is 0.269 e. The van der Waals surface area contributed by atoms with Crippen LogP contribution < -0.4 is 10.6 Å². The maximum Gasteiger partial charge on any atom is 0.269 e. The number of nitrogens with one attached hydrogen (secondary N) is 2. The third kappa shape index (κ3) is 5.61. The van der Waals surface area contributed by atoms with E-state index in [2.05, 4.69) is 15.6 Å². The fourth-order valence-electron chi connectivity index (χ4n) is 2.84. The number of carbonyl (C=O) groups excluding carboxylic acids is 1. The molecule has 7 nitrogen and oxygen atoms in total. The maximum absolute atomic E-state index is 12.4. The van der Waals surface area contributed by atoms with Gasteiger partial charge in [0.1, 0.15) is 0 Å². The number of hydrogen-bond acceptors (Lipinski definition) is 6. The van der Waals surface area contributed by atoms with Crippen molar-refractivity contribution in [1.29, 1.82) is 0 Å². The lowest BCUT2D eigenvalue weighted by Crippen LogP contribution is -2.29. The summed E-state index contributed by atoms with van der Waals surface area (Å²) in [4.78, 5) is 28.1. The molecule has 0 fully saturated rings. The predicted molar refractivity (Wildman–Crippen MR) is 115 cm³/mol. The molecule has 2 aromatic carbocycles. The van der Waals surface area contributed by atoms with Crippen molar-refractivity contribution in [2.45, 2.75) is 20.3 Å². The molecular formula is C21H22N4O3S. The summed E-state index contributed by atoms with van der Waals surface area (Å²) >= 11 is 1.54. The highest BCUT2D eigenvalue weighted by Gasteiger charge is 2.14. The first-order valence-corrected chi connectivity index (χ1v) is 10.0. The summed E-state index contributed by atoms with van der Waals surface area (Å²) in [7, 11) is 0. The second-order valence-electron chi connectivity index (χ2n) is 6.63. The minimum atomic E-state index is -0.435. The number of non-ortho nitro benzene ring substituents is 1. The number of carbonyl (C=O) groups is 1. The van der Waals surface area contributed by atoms with Crippen LogP contribution in [-0.2, 0) is 11.2 Å². The van der Waals surface area contributed by atoms with Gasteiger partial charge in [-0.1, -0.05) is 29.8 Å². The molecular weight excluding hydrogens is 388 g/mol. The molecule has 0 radical (unpaired) electrons. The Morgan fingerprint density at radius 2 is 1.76 bits per heavy atom. The van der Waals surface area contributed by atoms with Crippen molar-refractivity contribution in [1.82, 2.24) is 10.3 Å². The number of hydrogen-bond donors (Lipinski definition) is 2. The quantitative estimate of drug-likeness (QED) is 0.331. The van der Waals surface area contributed by atoms with E-state index >= 15 is 0 Å². The summed E-state index contributed by atoms with van der Waals surface area (Å²) in [5.74, 6) is -0.0625. The number of benzene rings is 2. The number of aryl methyl sites for hydroxylation is 2. The average molecular weight is 410 g/mol. The number of nitro groups is 1. The lowest BCUT2D eigenvalue weighted by atomic mass is 10.1. The van der Waals surface area contributed by atoms with Gasteiger partial charge in [0.15, 0.2) is 0 Å². The van der Waals surface area contributed by atoms with Crippen molar-refractivity contribution in [3.8, 4) is 11.3 Å².